The van der Waals surface area contributed by atoms with Crippen LogP contribution in [0.2, 0.25) is 0 Å². The van der Waals surface area contributed by atoms with Crippen LogP contribution in [0.1, 0.15) is 21.6 Å². The van der Waals surface area contributed by atoms with Crippen LogP contribution < -0.4 is 0 Å². The van der Waals surface area contributed by atoms with Gasteiger partial charge in [0.1, 0.15) is 0 Å². The summed E-state index contributed by atoms with van der Waals surface area (Å²) in [6.45, 7) is 1.82. The van der Waals surface area contributed by atoms with Crippen molar-refractivity contribution in [3.05, 3.63) is 41.5 Å². The highest BCUT2D eigenvalue weighted by molar-refractivity contribution is 6.07. The van der Waals surface area contributed by atoms with E-state index in [1.165, 1.54) is 0 Å². The number of carbonyl (C=O) groups excluding carboxylic acids is 1. The standard InChI is InChI=1S/C12H14N4O/c1-9-11(8-16(3)14-9)12(17)5-4-10-6-13-15(2)7-10/h4-8H,1-3H3/b5-4-. The van der Waals surface area contributed by atoms with E-state index < -0.39 is 0 Å². The van der Waals surface area contributed by atoms with Gasteiger partial charge < -0.3 is 0 Å². The van der Waals surface area contributed by atoms with Gasteiger partial charge in [-0.3, -0.25) is 14.2 Å². The van der Waals surface area contributed by atoms with Crippen molar-refractivity contribution in [3.63, 3.8) is 0 Å². The molecular weight excluding hydrogens is 216 g/mol. The van der Waals surface area contributed by atoms with Crippen molar-refractivity contribution in [1.82, 2.24) is 19.6 Å². The molecule has 0 spiro atoms. The second-order valence-electron chi connectivity index (χ2n) is 3.95. The summed E-state index contributed by atoms with van der Waals surface area (Å²) < 4.78 is 3.33. The lowest BCUT2D eigenvalue weighted by molar-refractivity contribution is 0.104. The monoisotopic (exact) mass is 230 g/mol. The topological polar surface area (TPSA) is 52.7 Å². The van der Waals surface area contributed by atoms with Gasteiger partial charge in [0.25, 0.3) is 0 Å². The Kier molecular flexibility index (Phi) is 2.91. The second kappa shape index (κ2) is 4.37. The zero-order valence-electron chi connectivity index (χ0n) is 10.1. The molecule has 17 heavy (non-hydrogen) atoms. The largest absolute Gasteiger partial charge is 0.289 e. The summed E-state index contributed by atoms with van der Waals surface area (Å²) in [5.74, 6) is -0.0422. The maximum absolute atomic E-state index is 11.9. The molecule has 0 N–H and O–H groups in total. The van der Waals surface area contributed by atoms with E-state index in [1.54, 1.807) is 41.0 Å². The molecule has 5 heteroatoms. The highest BCUT2D eigenvalue weighted by atomic mass is 16.1. The van der Waals surface area contributed by atoms with Crippen LogP contribution in [0.15, 0.2) is 24.7 Å². The van der Waals surface area contributed by atoms with Crippen molar-refractivity contribution in [3.8, 4) is 0 Å². The quantitative estimate of drug-likeness (QED) is 0.591. The van der Waals surface area contributed by atoms with Crippen molar-refractivity contribution >= 4 is 11.9 Å². The van der Waals surface area contributed by atoms with E-state index >= 15 is 0 Å². The van der Waals surface area contributed by atoms with Gasteiger partial charge in [-0.1, -0.05) is 0 Å². The number of ketones is 1. The van der Waals surface area contributed by atoms with E-state index in [4.69, 9.17) is 0 Å². The Labute approximate surface area is 99.4 Å². The lowest BCUT2D eigenvalue weighted by Crippen LogP contribution is -1.94. The zero-order valence-corrected chi connectivity index (χ0v) is 10.1. The molecule has 0 bridgehead atoms. The summed E-state index contributed by atoms with van der Waals surface area (Å²) >= 11 is 0. The molecule has 0 fully saturated rings. The van der Waals surface area contributed by atoms with Crippen LogP contribution in [-0.2, 0) is 14.1 Å². The third-order valence-electron chi connectivity index (χ3n) is 2.43. The van der Waals surface area contributed by atoms with Gasteiger partial charge in [0.15, 0.2) is 5.78 Å². The molecule has 0 radical (unpaired) electrons. The van der Waals surface area contributed by atoms with Gasteiger partial charge in [-0.2, -0.15) is 10.2 Å². The number of nitrogens with zero attached hydrogens (tertiary/aromatic N) is 4. The third-order valence-corrected chi connectivity index (χ3v) is 2.43. The lowest BCUT2D eigenvalue weighted by Gasteiger charge is -1.90. The van der Waals surface area contributed by atoms with Crippen LogP contribution in [0, 0.1) is 6.92 Å². The Hall–Kier alpha value is -2.17. The molecule has 2 aromatic rings. The zero-order chi connectivity index (χ0) is 12.4. The highest BCUT2D eigenvalue weighted by Gasteiger charge is 2.09. The molecule has 0 saturated carbocycles. The summed E-state index contributed by atoms with van der Waals surface area (Å²) in [5.41, 5.74) is 2.28. The van der Waals surface area contributed by atoms with Crippen LogP contribution >= 0.6 is 0 Å². The van der Waals surface area contributed by atoms with Crippen molar-refractivity contribution in [2.75, 3.05) is 0 Å². The number of hydrogen-bond donors (Lipinski definition) is 0. The summed E-state index contributed by atoms with van der Waals surface area (Å²) in [7, 11) is 3.64. The van der Waals surface area contributed by atoms with Gasteiger partial charge in [-0.15, -0.1) is 0 Å². The van der Waals surface area contributed by atoms with Crippen molar-refractivity contribution in [2.45, 2.75) is 6.92 Å². The number of allylic oxidation sites excluding steroid dienone is 1. The Morgan fingerprint density at radius 3 is 2.59 bits per heavy atom. The van der Waals surface area contributed by atoms with Crippen LogP contribution in [0.3, 0.4) is 0 Å². The molecule has 2 aromatic heterocycles. The molecule has 2 heterocycles. The first kappa shape index (κ1) is 11.3. The lowest BCUT2D eigenvalue weighted by atomic mass is 10.1. The number of aromatic nitrogens is 4. The van der Waals surface area contributed by atoms with Crippen molar-refractivity contribution in [1.29, 1.82) is 0 Å². The smallest absolute Gasteiger partial charge is 0.189 e. The fourth-order valence-corrected chi connectivity index (χ4v) is 1.63. The van der Waals surface area contributed by atoms with Crippen LogP contribution in [-0.4, -0.2) is 25.3 Å². The Morgan fingerprint density at radius 1 is 1.29 bits per heavy atom. The maximum atomic E-state index is 11.9. The van der Waals surface area contributed by atoms with Gasteiger partial charge in [0, 0.05) is 32.1 Å². The average molecular weight is 230 g/mol. The van der Waals surface area contributed by atoms with Crippen molar-refractivity contribution < 1.29 is 4.79 Å². The average Bonchev–Trinajstić information content (AvgIpc) is 2.81. The molecule has 0 unspecified atom stereocenters. The van der Waals surface area contributed by atoms with Gasteiger partial charge in [-0.25, -0.2) is 0 Å². The molecule has 0 saturated heterocycles. The number of rotatable bonds is 3. The van der Waals surface area contributed by atoms with E-state index in [2.05, 4.69) is 10.2 Å². The fraction of sp³-hybridized carbons (Fsp3) is 0.250. The SMILES string of the molecule is Cc1nn(C)cc1C(=O)/C=C\c1cnn(C)c1. The second-order valence-corrected chi connectivity index (χ2v) is 3.95. The normalized spacial score (nSPS) is 11.2. The van der Waals surface area contributed by atoms with Gasteiger partial charge in [0.2, 0.25) is 0 Å². The third kappa shape index (κ3) is 2.50. The van der Waals surface area contributed by atoms with E-state index in [-0.39, 0.29) is 5.78 Å². The van der Waals surface area contributed by atoms with Crippen molar-refractivity contribution in [2.24, 2.45) is 14.1 Å². The predicted octanol–water partition coefficient (Wildman–Crippen LogP) is 1.36. The fourth-order valence-electron chi connectivity index (χ4n) is 1.63. The van der Waals surface area contributed by atoms with Gasteiger partial charge >= 0.3 is 0 Å². The molecule has 5 nitrogen and oxygen atoms in total. The minimum atomic E-state index is -0.0422. The van der Waals surface area contributed by atoms with Gasteiger partial charge in [0.05, 0.1) is 17.5 Å². The predicted molar refractivity (Wildman–Crippen MR) is 64.5 cm³/mol. The molecule has 0 aromatic carbocycles. The summed E-state index contributed by atoms with van der Waals surface area (Å²) in [4.78, 5) is 11.9. The van der Waals surface area contributed by atoms with E-state index in [0.29, 0.717) is 5.56 Å². The molecule has 0 amide bonds. The first-order valence-electron chi connectivity index (χ1n) is 5.27. The van der Waals surface area contributed by atoms with Gasteiger partial charge in [-0.05, 0) is 19.1 Å². The van der Waals surface area contributed by atoms with E-state index in [0.717, 1.165) is 11.3 Å². The molecule has 0 aliphatic rings. The first-order chi connectivity index (χ1) is 8.06. The summed E-state index contributed by atoms with van der Waals surface area (Å²) in [5, 5.41) is 8.16. The molecule has 0 aliphatic carbocycles. The maximum Gasteiger partial charge on any atom is 0.189 e. The van der Waals surface area contributed by atoms with Crippen LogP contribution in [0.25, 0.3) is 6.08 Å². The Morgan fingerprint density at radius 2 is 2.06 bits per heavy atom. The number of hydrogen-bond acceptors (Lipinski definition) is 3. The molecule has 0 atom stereocenters. The first-order valence-corrected chi connectivity index (χ1v) is 5.27. The summed E-state index contributed by atoms with van der Waals surface area (Å²) in [6, 6.07) is 0. The minimum absolute atomic E-state index is 0.0422. The molecule has 2 rings (SSSR count). The van der Waals surface area contributed by atoms with Crippen LogP contribution in [0.4, 0.5) is 0 Å². The van der Waals surface area contributed by atoms with Crippen LogP contribution in [0.5, 0.6) is 0 Å². The van der Waals surface area contributed by atoms with E-state index in [9.17, 15) is 4.79 Å². The molecular formula is C12H14N4O. The highest BCUT2D eigenvalue weighted by Crippen LogP contribution is 2.08. The number of aryl methyl sites for hydroxylation is 3. The summed E-state index contributed by atoms with van der Waals surface area (Å²) in [6.07, 6.45) is 8.58. The number of carbonyl (C=O) groups is 1. The Bertz CT molecular complexity index is 577. The minimum Gasteiger partial charge on any atom is -0.289 e. The van der Waals surface area contributed by atoms with E-state index in [1.807, 2.05) is 20.2 Å². The molecule has 88 valence electrons. The molecule has 0 aliphatic heterocycles. The Balaban J connectivity index is 2.17.